The lowest BCUT2D eigenvalue weighted by Crippen LogP contribution is -2.31. The van der Waals surface area contributed by atoms with E-state index in [9.17, 15) is 4.79 Å². The van der Waals surface area contributed by atoms with E-state index in [0.717, 1.165) is 16.6 Å². The number of hydrogen-bond donors (Lipinski definition) is 2. The van der Waals surface area contributed by atoms with Crippen LogP contribution in [0.1, 0.15) is 12.0 Å². The van der Waals surface area contributed by atoms with E-state index in [0.29, 0.717) is 18.7 Å². The zero-order valence-electron chi connectivity index (χ0n) is 10.7. The van der Waals surface area contributed by atoms with Crippen LogP contribution in [0.4, 0.5) is 5.69 Å². The van der Waals surface area contributed by atoms with E-state index in [4.69, 9.17) is 10.00 Å². The van der Waals surface area contributed by atoms with E-state index in [1.165, 1.54) is 0 Å². The van der Waals surface area contributed by atoms with Gasteiger partial charge in [-0.15, -0.1) is 0 Å². The average molecular weight is 326 g/mol. The van der Waals surface area contributed by atoms with Crippen LogP contribution in [-0.2, 0) is 9.53 Å². The van der Waals surface area contributed by atoms with Gasteiger partial charge in [-0.1, -0.05) is 0 Å². The molecule has 0 saturated carbocycles. The van der Waals surface area contributed by atoms with Crippen LogP contribution in [-0.4, -0.2) is 32.7 Å². The van der Waals surface area contributed by atoms with Crippen LogP contribution in [0.5, 0.6) is 0 Å². The molecule has 0 radical (unpaired) electrons. The Labute approximate surface area is 121 Å². The highest BCUT2D eigenvalue weighted by Gasteiger charge is 2.04. The summed E-state index contributed by atoms with van der Waals surface area (Å²) in [7, 11) is 1.63. The van der Waals surface area contributed by atoms with Crippen molar-refractivity contribution >= 4 is 27.5 Å². The fourth-order valence-electron chi connectivity index (χ4n) is 1.41. The highest BCUT2D eigenvalue weighted by atomic mass is 79.9. The van der Waals surface area contributed by atoms with E-state index in [1.54, 1.807) is 25.3 Å². The molecule has 1 amide bonds. The van der Waals surface area contributed by atoms with Crippen molar-refractivity contribution in [1.82, 2.24) is 5.32 Å². The molecule has 0 bridgehead atoms. The van der Waals surface area contributed by atoms with E-state index in [1.807, 2.05) is 0 Å². The first-order chi connectivity index (χ1) is 9.17. The molecule has 0 saturated heterocycles. The van der Waals surface area contributed by atoms with Gasteiger partial charge in [0.05, 0.1) is 18.2 Å². The Bertz CT molecular complexity index is 471. The van der Waals surface area contributed by atoms with Crippen LogP contribution < -0.4 is 10.6 Å². The van der Waals surface area contributed by atoms with Gasteiger partial charge in [0, 0.05) is 30.4 Å². The summed E-state index contributed by atoms with van der Waals surface area (Å²) in [5.74, 6) is -0.0765. The lowest BCUT2D eigenvalue weighted by atomic mass is 10.2. The molecule has 0 aromatic heterocycles. The maximum atomic E-state index is 11.5. The van der Waals surface area contributed by atoms with Crippen molar-refractivity contribution in [3.8, 4) is 6.07 Å². The fraction of sp³-hybridized carbons (Fsp3) is 0.385. The molecule has 2 N–H and O–H groups in total. The molecule has 5 nitrogen and oxygen atoms in total. The second-order valence-electron chi connectivity index (χ2n) is 3.86. The number of hydrogen-bond acceptors (Lipinski definition) is 4. The number of ether oxygens (including phenoxy) is 1. The van der Waals surface area contributed by atoms with Crippen molar-refractivity contribution in [2.75, 3.05) is 32.1 Å². The van der Waals surface area contributed by atoms with Crippen LogP contribution in [0, 0.1) is 11.3 Å². The normalized spacial score (nSPS) is 9.74. The Kier molecular flexibility index (Phi) is 6.93. The number of methoxy groups -OCH3 is 1. The molecule has 0 heterocycles. The van der Waals surface area contributed by atoms with Gasteiger partial charge in [-0.25, -0.2) is 0 Å². The van der Waals surface area contributed by atoms with Crippen LogP contribution in [0.3, 0.4) is 0 Å². The zero-order valence-corrected chi connectivity index (χ0v) is 12.3. The Balaban J connectivity index is 2.36. The highest BCUT2D eigenvalue weighted by molar-refractivity contribution is 9.10. The molecule has 0 aliphatic carbocycles. The van der Waals surface area contributed by atoms with E-state index in [2.05, 4.69) is 32.6 Å². The molecule has 1 rings (SSSR count). The molecule has 1 aromatic rings. The predicted octanol–water partition coefficient (Wildman–Crippen LogP) is 1.89. The number of nitriles is 1. The summed E-state index contributed by atoms with van der Waals surface area (Å²) >= 11 is 3.35. The van der Waals surface area contributed by atoms with Crippen molar-refractivity contribution in [2.45, 2.75) is 6.42 Å². The van der Waals surface area contributed by atoms with Gasteiger partial charge in [-0.3, -0.25) is 4.79 Å². The third-order valence-electron chi connectivity index (χ3n) is 2.38. The Morgan fingerprint density at radius 1 is 1.53 bits per heavy atom. The minimum atomic E-state index is -0.0765. The third kappa shape index (κ3) is 5.73. The molecule has 0 aliphatic rings. The number of rotatable bonds is 7. The summed E-state index contributed by atoms with van der Waals surface area (Å²) in [6.45, 7) is 1.43. The minimum absolute atomic E-state index is 0.0765. The number of benzene rings is 1. The number of nitrogens with zero attached hydrogens (tertiary/aromatic N) is 1. The Morgan fingerprint density at radius 3 is 2.95 bits per heavy atom. The summed E-state index contributed by atoms with van der Waals surface area (Å²) in [4.78, 5) is 11.5. The summed E-state index contributed by atoms with van der Waals surface area (Å²) in [5, 5.41) is 14.5. The molecule has 0 aliphatic heterocycles. The molecule has 19 heavy (non-hydrogen) atoms. The van der Waals surface area contributed by atoms with Crippen molar-refractivity contribution in [3.63, 3.8) is 0 Å². The maximum absolute atomic E-state index is 11.5. The summed E-state index contributed by atoms with van der Waals surface area (Å²) in [6, 6.07) is 7.22. The standard InChI is InChI=1S/C13H16BrN3O2/c1-19-6-2-5-16-13(18)9-17-12-4-3-10(8-15)7-11(12)14/h3-4,7,17H,2,5-6,9H2,1H3,(H,16,18). The van der Waals surface area contributed by atoms with Gasteiger partial charge < -0.3 is 15.4 Å². The first kappa shape index (κ1) is 15.5. The Morgan fingerprint density at radius 2 is 2.32 bits per heavy atom. The number of carbonyl (C=O) groups is 1. The first-order valence-corrected chi connectivity index (χ1v) is 6.66. The molecular weight excluding hydrogens is 310 g/mol. The minimum Gasteiger partial charge on any atom is -0.385 e. The van der Waals surface area contributed by atoms with Gasteiger partial charge in [-0.05, 0) is 40.5 Å². The van der Waals surface area contributed by atoms with E-state index >= 15 is 0 Å². The number of halogens is 1. The largest absolute Gasteiger partial charge is 0.385 e. The SMILES string of the molecule is COCCCNC(=O)CNc1ccc(C#N)cc1Br. The quantitative estimate of drug-likeness (QED) is 0.751. The molecule has 0 fully saturated rings. The fourth-order valence-corrected chi connectivity index (χ4v) is 1.93. The molecule has 0 unspecified atom stereocenters. The number of nitrogens with one attached hydrogen (secondary N) is 2. The van der Waals surface area contributed by atoms with Crippen LogP contribution in [0.15, 0.2) is 22.7 Å². The lowest BCUT2D eigenvalue weighted by molar-refractivity contribution is -0.119. The van der Waals surface area contributed by atoms with Gasteiger partial charge in [-0.2, -0.15) is 5.26 Å². The molecule has 0 spiro atoms. The van der Waals surface area contributed by atoms with Crippen molar-refractivity contribution < 1.29 is 9.53 Å². The third-order valence-corrected chi connectivity index (χ3v) is 3.04. The average Bonchev–Trinajstić information content (AvgIpc) is 2.42. The molecule has 0 atom stereocenters. The van der Waals surface area contributed by atoms with Crippen molar-refractivity contribution in [3.05, 3.63) is 28.2 Å². The smallest absolute Gasteiger partial charge is 0.239 e. The number of amides is 1. The molecular formula is C13H16BrN3O2. The number of carbonyl (C=O) groups excluding carboxylic acids is 1. The lowest BCUT2D eigenvalue weighted by Gasteiger charge is -2.09. The maximum Gasteiger partial charge on any atom is 0.239 e. The van der Waals surface area contributed by atoms with Gasteiger partial charge in [0.15, 0.2) is 0 Å². The van der Waals surface area contributed by atoms with E-state index < -0.39 is 0 Å². The highest BCUT2D eigenvalue weighted by Crippen LogP contribution is 2.22. The second-order valence-corrected chi connectivity index (χ2v) is 4.71. The van der Waals surface area contributed by atoms with Crippen LogP contribution in [0.25, 0.3) is 0 Å². The van der Waals surface area contributed by atoms with Crippen molar-refractivity contribution in [1.29, 1.82) is 5.26 Å². The molecule has 1 aromatic carbocycles. The van der Waals surface area contributed by atoms with Gasteiger partial charge in [0.2, 0.25) is 5.91 Å². The summed E-state index contributed by atoms with van der Waals surface area (Å²) < 4.78 is 5.65. The molecule has 6 heteroatoms. The predicted molar refractivity (Wildman–Crippen MR) is 76.8 cm³/mol. The number of anilines is 1. The zero-order chi connectivity index (χ0) is 14.1. The van der Waals surface area contributed by atoms with Gasteiger partial charge >= 0.3 is 0 Å². The topological polar surface area (TPSA) is 74.2 Å². The molecule has 102 valence electrons. The summed E-state index contributed by atoms with van der Waals surface area (Å²) in [5.41, 5.74) is 1.35. The van der Waals surface area contributed by atoms with Crippen LogP contribution >= 0.6 is 15.9 Å². The van der Waals surface area contributed by atoms with Gasteiger partial charge in [0.25, 0.3) is 0 Å². The van der Waals surface area contributed by atoms with E-state index in [-0.39, 0.29) is 12.5 Å². The monoisotopic (exact) mass is 325 g/mol. The first-order valence-electron chi connectivity index (χ1n) is 5.86. The summed E-state index contributed by atoms with van der Waals surface area (Å²) in [6.07, 6.45) is 0.794. The van der Waals surface area contributed by atoms with Crippen LogP contribution in [0.2, 0.25) is 0 Å². The van der Waals surface area contributed by atoms with Gasteiger partial charge in [0.1, 0.15) is 0 Å². The Hall–Kier alpha value is -1.58. The second kappa shape index (κ2) is 8.51. The van der Waals surface area contributed by atoms with Crippen molar-refractivity contribution in [2.24, 2.45) is 0 Å².